The highest BCUT2D eigenvalue weighted by Crippen LogP contribution is 2.37. The second-order valence-corrected chi connectivity index (χ2v) is 4.46. The van der Waals surface area contributed by atoms with E-state index in [4.69, 9.17) is 0 Å². The molecule has 0 aliphatic carbocycles. The first-order chi connectivity index (χ1) is 9.35. The quantitative estimate of drug-likeness (QED) is 0.775. The van der Waals surface area contributed by atoms with E-state index in [2.05, 4.69) is 23.1 Å². The second kappa shape index (κ2) is 4.48. The topological polar surface area (TPSA) is 50.8 Å². The third-order valence-corrected chi connectivity index (χ3v) is 3.43. The molecule has 0 radical (unpaired) electrons. The summed E-state index contributed by atoms with van der Waals surface area (Å²) in [7, 11) is 0. The molecule has 2 aromatic carbocycles. The van der Waals surface area contributed by atoms with Crippen LogP contribution in [0.2, 0.25) is 0 Å². The summed E-state index contributed by atoms with van der Waals surface area (Å²) in [6, 6.07) is 17.8. The van der Waals surface area contributed by atoms with Crippen LogP contribution < -0.4 is 4.90 Å². The third kappa shape index (κ3) is 1.73. The maximum absolute atomic E-state index is 9.26. The Balaban J connectivity index is 2.20. The average molecular weight is 245 g/mol. The van der Waals surface area contributed by atoms with Crippen molar-refractivity contribution in [1.82, 2.24) is 0 Å². The molecule has 1 heterocycles. The molecule has 0 saturated heterocycles. The van der Waals surface area contributed by atoms with Crippen molar-refractivity contribution in [3.63, 3.8) is 0 Å². The average Bonchev–Trinajstić information content (AvgIpc) is 2.90. The highest BCUT2D eigenvalue weighted by molar-refractivity contribution is 5.78. The lowest BCUT2D eigenvalue weighted by molar-refractivity contribution is 0.994. The predicted molar refractivity (Wildman–Crippen MR) is 73.0 cm³/mol. The lowest BCUT2D eigenvalue weighted by atomic mass is 10.1. The fourth-order valence-electron chi connectivity index (χ4n) is 2.59. The maximum atomic E-state index is 9.26. The van der Waals surface area contributed by atoms with Crippen molar-refractivity contribution in [1.29, 1.82) is 10.5 Å². The molecule has 3 rings (SSSR count). The van der Waals surface area contributed by atoms with E-state index in [1.165, 1.54) is 5.56 Å². The van der Waals surface area contributed by atoms with Gasteiger partial charge in [0.25, 0.3) is 0 Å². The molecule has 0 N–H and O–H groups in total. The zero-order chi connectivity index (χ0) is 13.2. The second-order valence-electron chi connectivity index (χ2n) is 4.46. The maximum Gasteiger partial charge on any atom is 0.101 e. The van der Waals surface area contributed by atoms with Crippen molar-refractivity contribution in [3.8, 4) is 12.1 Å². The summed E-state index contributed by atoms with van der Waals surface area (Å²) in [4.78, 5) is 2.08. The molecule has 3 heteroatoms. The molecule has 0 spiro atoms. The molecule has 1 aliphatic rings. The van der Waals surface area contributed by atoms with Crippen LogP contribution in [-0.2, 0) is 6.42 Å². The Bertz CT molecular complexity index is 687. The summed E-state index contributed by atoms with van der Waals surface area (Å²) >= 11 is 0. The molecule has 90 valence electrons. The van der Waals surface area contributed by atoms with E-state index in [0.717, 1.165) is 24.3 Å². The smallest absolute Gasteiger partial charge is 0.101 e. The zero-order valence-corrected chi connectivity index (χ0v) is 10.3. The van der Waals surface area contributed by atoms with Gasteiger partial charge in [-0.15, -0.1) is 0 Å². The number of para-hydroxylation sites is 2. The van der Waals surface area contributed by atoms with Crippen LogP contribution in [-0.4, -0.2) is 6.54 Å². The largest absolute Gasteiger partial charge is 0.339 e. The van der Waals surface area contributed by atoms with Gasteiger partial charge in [-0.1, -0.05) is 24.3 Å². The number of nitriles is 2. The molecule has 0 saturated carbocycles. The lowest BCUT2D eigenvalue weighted by Crippen LogP contribution is -2.16. The van der Waals surface area contributed by atoms with Gasteiger partial charge >= 0.3 is 0 Å². The van der Waals surface area contributed by atoms with Crippen molar-refractivity contribution in [2.45, 2.75) is 6.42 Å². The molecule has 2 aromatic rings. The normalized spacial score (nSPS) is 12.6. The Hall–Kier alpha value is -2.78. The van der Waals surface area contributed by atoms with Crippen LogP contribution in [0.25, 0.3) is 0 Å². The molecule has 1 aliphatic heterocycles. The first-order valence-corrected chi connectivity index (χ1v) is 6.14. The van der Waals surface area contributed by atoms with E-state index >= 15 is 0 Å². The van der Waals surface area contributed by atoms with E-state index in [0.29, 0.717) is 11.1 Å². The van der Waals surface area contributed by atoms with Gasteiger partial charge in [0.05, 0.1) is 16.8 Å². The van der Waals surface area contributed by atoms with Gasteiger partial charge in [0.2, 0.25) is 0 Å². The minimum absolute atomic E-state index is 0.552. The van der Waals surface area contributed by atoms with E-state index in [-0.39, 0.29) is 0 Å². The molecule has 19 heavy (non-hydrogen) atoms. The highest BCUT2D eigenvalue weighted by atomic mass is 15.2. The van der Waals surface area contributed by atoms with Crippen LogP contribution in [0, 0.1) is 22.7 Å². The van der Waals surface area contributed by atoms with Gasteiger partial charge < -0.3 is 4.90 Å². The minimum atomic E-state index is 0.552. The molecule has 0 fully saturated rings. The summed E-state index contributed by atoms with van der Waals surface area (Å²) < 4.78 is 0. The molecular weight excluding hydrogens is 234 g/mol. The summed E-state index contributed by atoms with van der Waals surface area (Å²) in [5.74, 6) is 0. The van der Waals surface area contributed by atoms with Crippen LogP contribution in [0.3, 0.4) is 0 Å². The minimum Gasteiger partial charge on any atom is -0.339 e. The molecule has 0 amide bonds. The summed E-state index contributed by atoms with van der Waals surface area (Å²) in [6.07, 6.45) is 0.945. The monoisotopic (exact) mass is 245 g/mol. The third-order valence-electron chi connectivity index (χ3n) is 3.43. The number of nitrogens with zero attached hydrogens (tertiary/aromatic N) is 3. The number of benzene rings is 2. The Labute approximate surface area is 111 Å². The highest BCUT2D eigenvalue weighted by Gasteiger charge is 2.24. The Morgan fingerprint density at radius 3 is 2.26 bits per heavy atom. The number of hydrogen-bond donors (Lipinski definition) is 0. The van der Waals surface area contributed by atoms with Crippen molar-refractivity contribution in [3.05, 3.63) is 59.2 Å². The Kier molecular flexibility index (Phi) is 2.67. The number of fused-ring (bicyclic) bond motifs is 1. The van der Waals surface area contributed by atoms with Gasteiger partial charge in [0.1, 0.15) is 12.1 Å². The lowest BCUT2D eigenvalue weighted by Gasteiger charge is -2.21. The Morgan fingerprint density at radius 1 is 0.895 bits per heavy atom. The fraction of sp³-hybridized carbons (Fsp3) is 0.125. The van der Waals surface area contributed by atoms with Crippen molar-refractivity contribution in [2.24, 2.45) is 0 Å². The van der Waals surface area contributed by atoms with Gasteiger partial charge in [-0.05, 0) is 30.2 Å². The summed E-state index contributed by atoms with van der Waals surface area (Å²) in [6.45, 7) is 0.812. The standard InChI is InChI=1S/C16H11N3/c17-10-13-5-3-6-14(11-18)16(13)19-9-8-12-4-1-2-7-15(12)19/h1-7H,8-9H2. The number of hydrogen-bond acceptors (Lipinski definition) is 3. The number of rotatable bonds is 1. The summed E-state index contributed by atoms with van der Waals surface area (Å²) in [5.41, 5.74) is 4.20. The van der Waals surface area contributed by atoms with Crippen LogP contribution in [0.5, 0.6) is 0 Å². The van der Waals surface area contributed by atoms with Crippen LogP contribution >= 0.6 is 0 Å². The van der Waals surface area contributed by atoms with Crippen molar-refractivity contribution in [2.75, 3.05) is 11.4 Å². The summed E-state index contributed by atoms with van der Waals surface area (Å²) in [5, 5.41) is 18.5. The van der Waals surface area contributed by atoms with E-state index in [9.17, 15) is 10.5 Å². The van der Waals surface area contributed by atoms with E-state index in [1.807, 2.05) is 18.2 Å². The molecule has 0 bridgehead atoms. The fourth-order valence-corrected chi connectivity index (χ4v) is 2.59. The molecule has 0 unspecified atom stereocenters. The van der Waals surface area contributed by atoms with Crippen LogP contribution in [0.4, 0.5) is 11.4 Å². The zero-order valence-electron chi connectivity index (χ0n) is 10.3. The van der Waals surface area contributed by atoms with Gasteiger partial charge in [-0.25, -0.2) is 0 Å². The van der Waals surface area contributed by atoms with Gasteiger partial charge in [0.15, 0.2) is 0 Å². The molecule has 0 aromatic heterocycles. The van der Waals surface area contributed by atoms with Gasteiger partial charge in [-0.3, -0.25) is 0 Å². The van der Waals surface area contributed by atoms with Crippen LogP contribution in [0.1, 0.15) is 16.7 Å². The first kappa shape index (κ1) is 11.3. The van der Waals surface area contributed by atoms with E-state index < -0.39 is 0 Å². The molecular formula is C16H11N3. The van der Waals surface area contributed by atoms with E-state index in [1.54, 1.807) is 18.2 Å². The van der Waals surface area contributed by atoms with Crippen LogP contribution in [0.15, 0.2) is 42.5 Å². The number of anilines is 2. The predicted octanol–water partition coefficient (Wildman–Crippen LogP) is 3.12. The Morgan fingerprint density at radius 2 is 1.58 bits per heavy atom. The van der Waals surface area contributed by atoms with Gasteiger partial charge in [0, 0.05) is 12.2 Å². The van der Waals surface area contributed by atoms with Crippen molar-refractivity contribution < 1.29 is 0 Å². The SMILES string of the molecule is N#Cc1cccc(C#N)c1N1CCc2ccccc21. The van der Waals surface area contributed by atoms with Crippen molar-refractivity contribution >= 4 is 11.4 Å². The molecule has 3 nitrogen and oxygen atoms in total. The van der Waals surface area contributed by atoms with Gasteiger partial charge in [-0.2, -0.15) is 10.5 Å². The molecule has 0 atom stereocenters. The first-order valence-electron chi connectivity index (χ1n) is 6.14.